The first kappa shape index (κ1) is 9.54. The Kier molecular flexibility index (Phi) is 2.47. The molecule has 0 unspecified atom stereocenters. The molecule has 0 bridgehead atoms. The molecule has 72 valence electrons. The van der Waals surface area contributed by atoms with Crippen LogP contribution in [0.4, 0.5) is 5.69 Å². The number of nitrogens with zero attached hydrogens (tertiary/aromatic N) is 1. The summed E-state index contributed by atoms with van der Waals surface area (Å²) in [5.74, 6) is 0. The largest absolute Gasteiger partial charge is 0.367 e. The topological polar surface area (TPSA) is 35.8 Å². The molecule has 1 saturated carbocycles. The molecule has 1 aromatic carbocycles. The molecule has 2 rings (SSSR count). The van der Waals surface area contributed by atoms with Crippen LogP contribution < -0.4 is 5.32 Å². The highest BCUT2D eigenvalue weighted by Crippen LogP contribution is 2.34. The van der Waals surface area contributed by atoms with Crippen molar-refractivity contribution in [1.29, 1.82) is 5.26 Å². The van der Waals surface area contributed by atoms with Gasteiger partial charge in [-0.1, -0.05) is 22.0 Å². The summed E-state index contributed by atoms with van der Waals surface area (Å²) in [4.78, 5) is 0. The molecule has 1 aliphatic rings. The van der Waals surface area contributed by atoms with Crippen molar-refractivity contribution in [2.75, 3.05) is 5.32 Å². The molecule has 0 saturated heterocycles. The first-order valence-electron chi connectivity index (χ1n) is 4.69. The second-order valence-corrected chi connectivity index (χ2v) is 4.60. The van der Waals surface area contributed by atoms with Gasteiger partial charge in [0.05, 0.1) is 6.07 Å². The number of rotatable bonds is 2. The number of hydrogen-bond donors (Lipinski definition) is 1. The van der Waals surface area contributed by atoms with E-state index in [9.17, 15) is 0 Å². The fraction of sp³-hybridized carbons (Fsp3) is 0.364. The van der Waals surface area contributed by atoms with Crippen molar-refractivity contribution in [3.63, 3.8) is 0 Å². The van der Waals surface area contributed by atoms with Gasteiger partial charge < -0.3 is 5.32 Å². The number of hydrogen-bond acceptors (Lipinski definition) is 2. The van der Waals surface area contributed by atoms with Crippen LogP contribution in [0.25, 0.3) is 0 Å². The van der Waals surface area contributed by atoms with Gasteiger partial charge in [-0.05, 0) is 37.5 Å². The van der Waals surface area contributed by atoms with Crippen LogP contribution in [-0.4, -0.2) is 5.54 Å². The molecule has 0 radical (unpaired) electrons. The zero-order valence-corrected chi connectivity index (χ0v) is 9.34. The monoisotopic (exact) mass is 250 g/mol. The normalized spacial score (nSPS) is 18.0. The Labute approximate surface area is 92.1 Å². The van der Waals surface area contributed by atoms with Crippen molar-refractivity contribution in [1.82, 2.24) is 0 Å². The summed E-state index contributed by atoms with van der Waals surface area (Å²) < 4.78 is 1.04. The van der Waals surface area contributed by atoms with Crippen LogP contribution in [0.2, 0.25) is 0 Å². The van der Waals surface area contributed by atoms with Crippen LogP contribution in [0.5, 0.6) is 0 Å². The summed E-state index contributed by atoms with van der Waals surface area (Å²) in [5.41, 5.74) is 0.710. The molecule has 1 N–H and O–H groups in total. The van der Waals surface area contributed by atoms with Crippen molar-refractivity contribution in [3.05, 3.63) is 28.7 Å². The molecule has 0 spiro atoms. The van der Waals surface area contributed by atoms with Crippen molar-refractivity contribution >= 4 is 21.6 Å². The van der Waals surface area contributed by atoms with Gasteiger partial charge in [-0.3, -0.25) is 0 Å². The van der Waals surface area contributed by atoms with E-state index < -0.39 is 0 Å². The van der Waals surface area contributed by atoms with Gasteiger partial charge in [0.15, 0.2) is 0 Å². The van der Waals surface area contributed by atoms with Crippen molar-refractivity contribution in [2.45, 2.75) is 24.8 Å². The van der Waals surface area contributed by atoms with Crippen LogP contribution in [0.1, 0.15) is 19.3 Å². The molecule has 0 heterocycles. The predicted molar refractivity (Wildman–Crippen MR) is 60.0 cm³/mol. The van der Waals surface area contributed by atoms with Crippen LogP contribution >= 0.6 is 15.9 Å². The first-order chi connectivity index (χ1) is 6.74. The number of nitrogens with one attached hydrogen (secondary N) is 1. The van der Waals surface area contributed by atoms with E-state index in [0.717, 1.165) is 29.4 Å². The maximum absolute atomic E-state index is 9.04. The van der Waals surface area contributed by atoms with Crippen molar-refractivity contribution in [2.24, 2.45) is 0 Å². The maximum Gasteiger partial charge on any atom is 0.125 e. The van der Waals surface area contributed by atoms with Crippen LogP contribution in [0.3, 0.4) is 0 Å². The number of halogens is 1. The van der Waals surface area contributed by atoms with Crippen LogP contribution in [-0.2, 0) is 0 Å². The fourth-order valence-electron chi connectivity index (χ4n) is 1.64. The molecule has 3 heteroatoms. The molecule has 1 fully saturated rings. The highest BCUT2D eigenvalue weighted by atomic mass is 79.9. The van der Waals surface area contributed by atoms with Gasteiger partial charge in [0.25, 0.3) is 0 Å². The highest BCUT2D eigenvalue weighted by molar-refractivity contribution is 9.10. The summed E-state index contributed by atoms with van der Waals surface area (Å²) in [6.07, 6.45) is 3.06. The smallest absolute Gasteiger partial charge is 0.125 e. The standard InChI is InChI=1S/C11H11BrN2/c12-9-3-1-4-10(7-9)14-11(8-13)5-2-6-11/h1,3-4,7,14H,2,5-6H2. The highest BCUT2D eigenvalue weighted by Gasteiger charge is 2.36. The Morgan fingerprint density at radius 2 is 2.21 bits per heavy atom. The van der Waals surface area contributed by atoms with Gasteiger partial charge in [0.1, 0.15) is 5.54 Å². The third-order valence-corrected chi connectivity index (χ3v) is 3.12. The molecular weight excluding hydrogens is 240 g/mol. The van der Waals surface area contributed by atoms with E-state index in [-0.39, 0.29) is 5.54 Å². The minimum Gasteiger partial charge on any atom is -0.367 e. The van der Waals surface area contributed by atoms with E-state index in [1.54, 1.807) is 0 Å². The van der Waals surface area contributed by atoms with E-state index in [1.165, 1.54) is 0 Å². The molecule has 1 aromatic rings. The SMILES string of the molecule is N#CC1(Nc2cccc(Br)c2)CCC1. The lowest BCUT2D eigenvalue weighted by molar-refractivity contribution is 0.356. The lowest BCUT2D eigenvalue weighted by Gasteiger charge is -2.36. The van der Waals surface area contributed by atoms with Crippen LogP contribution in [0.15, 0.2) is 28.7 Å². The Bertz CT molecular complexity index is 377. The van der Waals surface area contributed by atoms with E-state index in [1.807, 2.05) is 24.3 Å². The van der Waals surface area contributed by atoms with Crippen molar-refractivity contribution in [3.8, 4) is 6.07 Å². The Morgan fingerprint density at radius 1 is 1.43 bits per heavy atom. The molecule has 1 aliphatic carbocycles. The minimum absolute atomic E-state index is 0.305. The molecule has 0 aliphatic heterocycles. The number of benzene rings is 1. The van der Waals surface area contributed by atoms with E-state index in [2.05, 4.69) is 27.3 Å². The lowest BCUT2D eigenvalue weighted by Crippen LogP contribution is -2.43. The second-order valence-electron chi connectivity index (χ2n) is 3.68. The summed E-state index contributed by atoms with van der Waals surface area (Å²) in [5, 5.41) is 12.3. The molecule has 14 heavy (non-hydrogen) atoms. The maximum atomic E-state index is 9.04. The van der Waals surface area contributed by atoms with Gasteiger partial charge in [-0.15, -0.1) is 0 Å². The molecule has 0 aromatic heterocycles. The Balaban J connectivity index is 2.14. The number of anilines is 1. The summed E-state index contributed by atoms with van der Waals surface area (Å²) in [6.45, 7) is 0. The predicted octanol–water partition coefficient (Wildman–Crippen LogP) is 3.31. The quantitative estimate of drug-likeness (QED) is 0.875. The summed E-state index contributed by atoms with van der Waals surface area (Å²) in [7, 11) is 0. The van der Waals surface area contributed by atoms with E-state index in [4.69, 9.17) is 5.26 Å². The summed E-state index contributed by atoms with van der Waals surface area (Å²) >= 11 is 3.41. The van der Waals surface area contributed by atoms with Gasteiger partial charge in [-0.2, -0.15) is 5.26 Å². The Morgan fingerprint density at radius 3 is 2.71 bits per heavy atom. The molecule has 2 nitrogen and oxygen atoms in total. The van der Waals surface area contributed by atoms with Gasteiger partial charge in [0.2, 0.25) is 0 Å². The van der Waals surface area contributed by atoms with Crippen molar-refractivity contribution < 1.29 is 0 Å². The number of nitriles is 1. The molecule has 0 atom stereocenters. The summed E-state index contributed by atoms with van der Waals surface area (Å²) in [6, 6.07) is 10.3. The fourth-order valence-corrected chi connectivity index (χ4v) is 2.04. The zero-order valence-electron chi connectivity index (χ0n) is 7.76. The van der Waals surface area contributed by atoms with Gasteiger partial charge in [-0.25, -0.2) is 0 Å². The third kappa shape index (κ3) is 1.76. The molecule has 0 amide bonds. The second kappa shape index (κ2) is 3.62. The Hall–Kier alpha value is -1.01. The van der Waals surface area contributed by atoms with E-state index in [0.29, 0.717) is 0 Å². The van der Waals surface area contributed by atoms with Crippen LogP contribution in [0, 0.1) is 11.3 Å². The average Bonchev–Trinajstić information content (AvgIpc) is 2.11. The van der Waals surface area contributed by atoms with Gasteiger partial charge in [0, 0.05) is 10.2 Å². The lowest BCUT2D eigenvalue weighted by atomic mass is 9.78. The zero-order chi connectivity index (χ0) is 10.0. The van der Waals surface area contributed by atoms with E-state index >= 15 is 0 Å². The van der Waals surface area contributed by atoms with Gasteiger partial charge >= 0.3 is 0 Å². The minimum atomic E-state index is -0.305. The third-order valence-electron chi connectivity index (χ3n) is 2.63. The first-order valence-corrected chi connectivity index (χ1v) is 5.48. The average molecular weight is 251 g/mol. The molecular formula is C11H11BrN2.